The zero-order valence-electron chi connectivity index (χ0n) is 13.1. The van der Waals surface area contributed by atoms with Gasteiger partial charge in [-0.25, -0.2) is 9.59 Å². The Morgan fingerprint density at radius 1 is 1.17 bits per heavy atom. The molecule has 6 heteroatoms. The van der Waals surface area contributed by atoms with Crippen LogP contribution >= 0.6 is 0 Å². The minimum atomic E-state index is -0.979. The highest BCUT2D eigenvalue weighted by Gasteiger charge is 2.46. The van der Waals surface area contributed by atoms with Gasteiger partial charge in [0.05, 0.1) is 25.8 Å². The first-order valence-corrected chi connectivity index (χ1v) is 7.53. The molecule has 0 radical (unpaired) electrons. The first-order chi connectivity index (χ1) is 11.1. The minimum absolute atomic E-state index is 0.0805. The van der Waals surface area contributed by atoms with Gasteiger partial charge in [0.15, 0.2) is 0 Å². The summed E-state index contributed by atoms with van der Waals surface area (Å²) in [7, 11) is 2.92. The second kappa shape index (κ2) is 5.95. The molecule has 2 bridgehead atoms. The van der Waals surface area contributed by atoms with Crippen molar-refractivity contribution in [2.45, 2.75) is 31.3 Å². The number of ether oxygens (including phenoxy) is 2. The van der Waals surface area contributed by atoms with Crippen LogP contribution in [0, 0.1) is 0 Å². The first kappa shape index (κ1) is 15.4. The van der Waals surface area contributed by atoms with Crippen molar-refractivity contribution < 1.29 is 24.2 Å². The summed E-state index contributed by atoms with van der Waals surface area (Å²) >= 11 is 0. The molecule has 0 aromatic heterocycles. The summed E-state index contributed by atoms with van der Waals surface area (Å²) in [6.45, 7) is 0. The molecule has 1 aromatic carbocycles. The standard InChI is InChI=1S/C17H19NO5/c1-22-12-6-3-10(4-7-12)13-9-11-5-8-14(18(11)17(20)21)15(13)16(19)23-2/h3-4,6-7,11,14H,5,8-9H2,1-2H3,(H,20,21). The highest BCUT2D eigenvalue weighted by atomic mass is 16.5. The fraction of sp³-hybridized carbons (Fsp3) is 0.412. The molecular weight excluding hydrogens is 298 g/mol. The molecule has 0 saturated carbocycles. The average Bonchev–Trinajstić information content (AvgIpc) is 2.88. The van der Waals surface area contributed by atoms with Crippen LogP contribution in [0.2, 0.25) is 0 Å². The van der Waals surface area contributed by atoms with Crippen molar-refractivity contribution in [1.29, 1.82) is 0 Å². The van der Waals surface area contributed by atoms with Crippen LogP contribution in [0.3, 0.4) is 0 Å². The van der Waals surface area contributed by atoms with E-state index in [0.717, 1.165) is 23.3 Å². The Bertz CT molecular complexity index is 664. The minimum Gasteiger partial charge on any atom is -0.497 e. The molecule has 1 aromatic rings. The van der Waals surface area contributed by atoms with E-state index in [0.29, 0.717) is 18.4 Å². The van der Waals surface area contributed by atoms with Gasteiger partial charge in [-0.15, -0.1) is 0 Å². The van der Waals surface area contributed by atoms with E-state index in [1.54, 1.807) is 7.11 Å². The Hall–Kier alpha value is -2.50. The van der Waals surface area contributed by atoms with Gasteiger partial charge < -0.3 is 14.6 Å². The van der Waals surface area contributed by atoms with Crippen LogP contribution in [0.15, 0.2) is 29.8 Å². The largest absolute Gasteiger partial charge is 0.497 e. The normalized spacial score (nSPS) is 23.0. The van der Waals surface area contributed by atoms with Crippen LogP contribution in [0.25, 0.3) is 5.57 Å². The van der Waals surface area contributed by atoms with Crippen LogP contribution in [0.5, 0.6) is 5.75 Å². The van der Waals surface area contributed by atoms with E-state index >= 15 is 0 Å². The quantitative estimate of drug-likeness (QED) is 0.867. The van der Waals surface area contributed by atoms with Crippen LogP contribution in [-0.2, 0) is 9.53 Å². The predicted octanol–water partition coefficient (Wildman–Crippen LogP) is 2.54. The Kier molecular flexibility index (Phi) is 3.98. The number of methoxy groups -OCH3 is 2. The molecule has 6 nitrogen and oxygen atoms in total. The summed E-state index contributed by atoms with van der Waals surface area (Å²) in [5.41, 5.74) is 2.26. The summed E-state index contributed by atoms with van der Waals surface area (Å²) < 4.78 is 10.1. The number of benzene rings is 1. The number of nitrogens with zero attached hydrogens (tertiary/aromatic N) is 1. The van der Waals surface area contributed by atoms with Crippen molar-refractivity contribution >= 4 is 17.6 Å². The van der Waals surface area contributed by atoms with Gasteiger partial charge in [0.1, 0.15) is 5.75 Å². The van der Waals surface area contributed by atoms with Crippen molar-refractivity contribution in [3.8, 4) is 5.75 Å². The number of carboxylic acid groups (broad SMARTS) is 1. The summed E-state index contributed by atoms with van der Waals surface area (Å²) in [6.07, 6.45) is 0.963. The summed E-state index contributed by atoms with van der Waals surface area (Å²) in [5.74, 6) is 0.285. The van der Waals surface area contributed by atoms with E-state index in [-0.39, 0.29) is 6.04 Å². The highest BCUT2D eigenvalue weighted by Crippen LogP contribution is 2.43. The summed E-state index contributed by atoms with van der Waals surface area (Å²) in [6, 6.07) is 6.96. The molecule has 1 fully saturated rings. The molecule has 2 heterocycles. The second-order valence-electron chi connectivity index (χ2n) is 5.75. The third kappa shape index (κ3) is 2.54. The highest BCUT2D eigenvalue weighted by molar-refractivity contribution is 6.00. The Morgan fingerprint density at radius 3 is 2.43 bits per heavy atom. The lowest BCUT2D eigenvalue weighted by molar-refractivity contribution is -0.136. The maximum atomic E-state index is 12.3. The zero-order valence-corrected chi connectivity index (χ0v) is 13.1. The van der Waals surface area contributed by atoms with Gasteiger partial charge >= 0.3 is 12.1 Å². The Labute approximate surface area is 134 Å². The number of esters is 1. The van der Waals surface area contributed by atoms with E-state index < -0.39 is 18.1 Å². The molecule has 2 atom stereocenters. The maximum Gasteiger partial charge on any atom is 0.408 e. The molecule has 1 N–H and O–H groups in total. The molecule has 23 heavy (non-hydrogen) atoms. The molecule has 2 unspecified atom stereocenters. The molecule has 0 spiro atoms. The SMILES string of the molecule is COC(=O)C1=C(c2ccc(OC)cc2)CC2CCC1N2C(=O)O. The molecule has 3 rings (SSSR count). The van der Waals surface area contributed by atoms with Crippen molar-refractivity contribution in [3.05, 3.63) is 35.4 Å². The number of carbonyl (C=O) groups excluding carboxylic acids is 1. The predicted molar refractivity (Wildman–Crippen MR) is 83.2 cm³/mol. The number of hydrogen-bond acceptors (Lipinski definition) is 4. The second-order valence-corrected chi connectivity index (χ2v) is 5.75. The van der Waals surface area contributed by atoms with E-state index in [9.17, 15) is 14.7 Å². The molecule has 2 aliphatic heterocycles. The van der Waals surface area contributed by atoms with Crippen LogP contribution in [0.4, 0.5) is 4.79 Å². The number of amides is 1. The number of rotatable bonds is 3. The average molecular weight is 317 g/mol. The molecule has 1 amide bonds. The van der Waals surface area contributed by atoms with Crippen molar-refractivity contribution in [2.24, 2.45) is 0 Å². The van der Waals surface area contributed by atoms with Gasteiger partial charge in [-0.05, 0) is 42.5 Å². The van der Waals surface area contributed by atoms with Gasteiger partial charge in [-0.2, -0.15) is 0 Å². The third-order valence-corrected chi connectivity index (χ3v) is 4.67. The third-order valence-electron chi connectivity index (χ3n) is 4.67. The monoisotopic (exact) mass is 317 g/mol. The van der Waals surface area contributed by atoms with Crippen LogP contribution in [0.1, 0.15) is 24.8 Å². The van der Waals surface area contributed by atoms with Crippen molar-refractivity contribution in [1.82, 2.24) is 4.90 Å². The summed E-state index contributed by atoms with van der Waals surface area (Å²) in [5, 5.41) is 9.45. The van der Waals surface area contributed by atoms with E-state index in [2.05, 4.69) is 0 Å². The lowest BCUT2D eigenvalue weighted by atomic mass is 9.88. The fourth-order valence-corrected chi connectivity index (χ4v) is 3.64. The molecular formula is C17H19NO5. The topological polar surface area (TPSA) is 76.1 Å². The van der Waals surface area contributed by atoms with Gasteiger partial charge in [0.25, 0.3) is 0 Å². The molecule has 122 valence electrons. The summed E-state index contributed by atoms with van der Waals surface area (Å²) in [4.78, 5) is 25.2. The maximum absolute atomic E-state index is 12.3. The molecule has 2 aliphatic rings. The van der Waals surface area contributed by atoms with E-state index in [4.69, 9.17) is 9.47 Å². The molecule has 1 saturated heterocycles. The Balaban J connectivity index is 2.08. The van der Waals surface area contributed by atoms with E-state index in [1.165, 1.54) is 12.0 Å². The molecule has 0 aliphatic carbocycles. The number of carbonyl (C=O) groups is 2. The van der Waals surface area contributed by atoms with Crippen molar-refractivity contribution in [2.75, 3.05) is 14.2 Å². The van der Waals surface area contributed by atoms with Crippen LogP contribution in [-0.4, -0.2) is 48.4 Å². The lowest BCUT2D eigenvalue weighted by Crippen LogP contribution is -2.46. The van der Waals surface area contributed by atoms with Crippen LogP contribution < -0.4 is 4.74 Å². The first-order valence-electron chi connectivity index (χ1n) is 7.53. The fourth-order valence-electron chi connectivity index (χ4n) is 3.64. The Morgan fingerprint density at radius 2 is 1.87 bits per heavy atom. The van der Waals surface area contributed by atoms with Gasteiger partial charge in [0.2, 0.25) is 0 Å². The van der Waals surface area contributed by atoms with Gasteiger partial charge in [-0.1, -0.05) is 12.1 Å². The smallest absolute Gasteiger partial charge is 0.408 e. The van der Waals surface area contributed by atoms with Gasteiger partial charge in [-0.3, -0.25) is 4.90 Å². The lowest BCUT2D eigenvalue weighted by Gasteiger charge is -2.35. The van der Waals surface area contributed by atoms with Crippen molar-refractivity contribution in [3.63, 3.8) is 0 Å². The van der Waals surface area contributed by atoms with E-state index in [1.807, 2.05) is 24.3 Å². The number of fused-ring (bicyclic) bond motifs is 2. The zero-order chi connectivity index (χ0) is 16.6. The number of hydrogen-bond donors (Lipinski definition) is 1. The van der Waals surface area contributed by atoms with Gasteiger partial charge in [0, 0.05) is 6.04 Å².